The van der Waals surface area contributed by atoms with E-state index >= 15 is 0 Å². The van der Waals surface area contributed by atoms with Gasteiger partial charge in [0.2, 0.25) is 0 Å². The second-order valence-corrected chi connectivity index (χ2v) is 4.31. The molecule has 0 bridgehead atoms. The van der Waals surface area contributed by atoms with Crippen LogP contribution in [0.1, 0.15) is 11.1 Å². The molecule has 1 aliphatic rings. The number of halogens is 3. The molecule has 18 heavy (non-hydrogen) atoms. The standard InChI is InChI=1S/C12H15F3N2O/c13-12(14,15)10-7-9(1-2-11(10)16)8-17-3-5-18-6-4-17/h1-2,7H,3-6,8,16H2. The van der Waals surface area contributed by atoms with Crippen molar-refractivity contribution in [3.8, 4) is 0 Å². The molecule has 2 N–H and O–H groups in total. The number of hydrogen-bond acceptors (Lipinski definition) is 3. The van der Waals surface area contributed by atoms with Crippen molar-refractivity contribution in [2.24, 2.45) is 0 Å². The van der Waals surface area contributed by atoms with Crippen molar-refractivity contribution in [1.82, 2.24) is 4.90 Å². The van der Waals surface area contributed by atoms with E-state index in [0.29, 0.717) is 25.3 Å². The molecule has 1 saturated heterocycles. The predicted molar refractivity (Wildman–Crippen MR) is 62.0 cm³/mol. The first-order chi connectivity index (χ1) is 8.47. The van der Waals surface area contributed by atoms with E-state index in [9.17, 15) is 13.2 Å². The van der Waals surface area contributed by atoms with Crippen LogP contribution in [-0.2, 0) is 17.5 Å². The first kappa shape index (κ1) is 13.2. The van der Waals surface area contributed by atoms with E-state index < -0.39 is 11.7 Å². The van der Waals surface area contributed by atoms with Crippen LogP contribution in [0.2, 0.25) is 0 Å². The highest BCUT2D eigenvalue weighted by molar-refractivity contribution is 5.50. The summed E-state index contributed by atoms with van der Waals surface area (Å²) in [6, 6.07) is 4.09. The number of anilines is 1. The molecular weight excluding hydrogens is 245 g/mol. The van der Waals surface area contributed by atoms with Gasteiger partial charge in [0.25, 0.3) is 0 Å². The number of alkyl halides is 3. The second kappa shape index (κ2) is 5.16. The summed E-state index contributed by atoms with van der Waals surface area (Å²) >= 11 is 0. The van der Waals surface area contributed by atoms with Crippen molar-refractivity contribution in [2.75, 3.05) is 32.0 Å². The van der Waals surface area contributed by atoms with Crippen LogP contribution in [-0.4, -0.2) is 31.2 Å². The van der Waals surface area contributed by atoms with Crippen LogP contribution in [0.15, 0.2) is 18.2 Å². The van der Waals surface area contributed by atoms with E-state index in [4.69, 9.17) is 10.5 Å². The quantitative estimate of drug-likeness (QED) is 0.828. The Morgan fingerprint density at radius 1 is 1.22 bits per heavy atom. The second-order valence-electron chi connectivity index (χ2n) is 4.31. The Morgan fingerprint density at radius 3 is 2.50 bits per heavy atom. The van der Waals surface area contributed by atoms with Crippen LogP contribution in [0.4, 0.5) is 18.9 Å². The van der Waals surface area contributed by atoms with Crippen molar-refractivity contribution in [2.45, 2.75) is 12.7 Å². The van der Waals surface area contributed by atoms with Crippen molar-refractivity contribution < 1.29 is 17.9 Å². The van der Waals surface area contributed by atoms with Crippen molar-refractivity contribution >= 4 is 5.69 Å². The number of morpholine rings is 1. The fourth-order valence-electron chi connectivity index (χ4n) is 1.96. The van der Waals surface area contributed by atoms with Gasteiger partial charge in [-0.15, -0.1) is 0 Å². The lowest BCUT2D eigenvalue weighted by Gasteiger charge is -2.26. The monoisotopic (exact) mass is 260 g/mol. The number of ether oxygens (including phenoxy) is 1. The average molecular weight is 260 g/mol. The van der Waals surface area contributed by atoms with Crippen LogP contribution in [0.25, 0.3) is 0 Å². The van der Waals surface area contributed by atoms with Gasteiger partial charge >= 0.3 is 6.18 Å². The molecule has 0 unspecified atom stereocenters. The first-order valence-corrected chi connectivity index (χ1v) is 5.72. The Kier molecular flexibility index (Phi) is 3.77. The SMILES string of the molecule is Nc1ccc(CN2CCOCC2)cc1C(F)(F)F. The summed E-state index contributed by atoms with van der Waals surface area (Å²) in [6.45, 7) is 3.23. The third-order valence-corrected chi connectivity index (χ3v) is 2.93. The molecule has 1 fully saturated rings. The molecule has 1 aromatic carbocycles. The summed E-state index contributed by atoms with van der Waals surface area (Å²) in [5, 5.41) is 0. The molecule has 0 atom stereocenters. The normalized spacial score (nSPS) is 17.9. The van der Waals surface area contributed by atoms with Crippen LogP contribution in [0.5, 0.6) is 0 Å². The maximum absolute atomic E-state index is 12.7. The molecule has 1 heterocycles. The Bertz CT molecular complexity index is 414. The molecule has 0 spiro atoms. The van der Waals surface area contributed by atoms with Gasteiger partial charge in [0, 0.05) is 25.3 Å². The molecular formula is C12H15F3N2O. The number of hydrogen-bond donors (Lipinski definition) is 1. The van der Waals surface area contributed by atoms with Gasteiger partial charge in [0.15, 0.2) is 0 Å². The minimum Gasteiger partial charge on any atom is -0.398 e. The largest absolute Gasteiger partial charge is 0.418 e. The molecule has 0 aliphatic carbocycles. The minimum absolute atomic E-state index is 0.228. The van der Waals surface area contributed by atoms with E-state index in [-0.39, 0.29) is 5.69 Å². The van der Waals surface area contributed by atoms with Gasteiger partial charge in [-0.3, -0.25) is 4.90 Å². The lowest BCUT2D eigenvalue weighted by Crippen LogP contribution is -2.35. The lowest BCUT2D eigenvalue weighted by molar-refractivity contribution is -0.137. The summed E-state index contributed by atoms with van der Waals surface area (Å²) in [5.74, 6) is 0. The molecule has 0 radical (unpaired) electrons. The molecule has 0 saturated carbocycles. The van der Waals surface area contributed by atoms with Gasteiger partial charge in [-0.05, 0) is 17.7 Å². The van der Waals surface area contributed by atoms with Crippen LogP contribution < -0.4 is 5.73 Å². The van der Waals surface area contributed by atoms with Crippen LogP contribution >= 0.6 is 0 Å². The molecule has 3 nitrogen and oxygen atoms in total. The maximum atomic E-state index is 12.7. The summed E-state index contributed by atoms with van der Waals surface area (Å²) in [7, 11) is 0. The molecule has 0 amide bonds. The number of nitrogens with two attached hydrogens (primary N) is 1. The molecule has 1 aliphatic heterocycles. The third kappa shape index (κ3) is 3.14. The van der Waals surface area contributed by atoms with Gasteiger partial charge in [0.05, 0.1) is 18.8 Å². The fourth-order valence-corrected chi connectivity index (χ4v) is 1.96. The summed E-state index contributed by atoms with van der Waals surface area (Å²) in [4.78, 5) is 2.06. The van der Waals surface area contributed by atoms with Gasteiger partial charge in [0.1, 0.15) is 0 Å². The van der Waals surface area contributed by atoms with Crippen molar-refractivity contribution in [3.63, 3.8) is 0 Å². The van der Waals surface area contributed by atoms with Gasteiger partial charge in [-0.25, -0.2) is 0 Å². The highest BCUT2D eigenvalue weighted by Gasteiger charge is 2.33. The smallest absolute Gasteiger partial charge is 0.398 e. The van der Waals surface area contributed by atoms with E-state index in [0.717, 1.165) is 19.2 Å². The topological polar surface area (TPSA) is 38.5 Å². The summed E-state index contributed by atoms with van der Waals surface area (Å²) in [5.41, 5.74) is 4.99. The van der Waals surface area contributed by atoms with Crippen molar-refractivity contribution in [3.05, 3.63) is 29.3 Å². The molecule has 6 heteroatoms. The number of nitrogen functional groups attached to an aromatic ring is 1. The summed E-state index contributed by atoms with van der Waals surface area (Å²) < 4.78 is 43.3. The number of nitrogens with zero attached hydrogens (tertiary/aromatic N) is 1. The Hall–Kier alpha value is -1.27. The Labute approximate surface area is 103 Å². The average Bonchev–Trinajstić information content (AvgIpc) is 2.31. The zero-order chi connectivity index (χ0) is 13.2. The highest BCUT2D eigenvalue weighted by atomic mass is 19.4. The lowest BCUT2D eigenvalue weighted by atomic mass is 10.1. The first-order valence-electron chi connectivity index (χ1n) is 5.72. The predicted octanol–water partition coefficient (Wildman–Crippen LogP) is 2.12. The Morgan fingerprint density at radius 2 is 1.89 bits per heavy atom. The third-order valence-electron chi connectivity index (χ3n) is 2.93. The summed E-state index contributed by atoms with van der Waals surface area (Å²) in [6.07, 6.45) is -4.40. The van der Waals surface area contributed by atoms with E-state index in [1.807, 2.05) is 0 Å². The van der Waals surface area contributed by atoms with Gasteiger partial charge in [-0.2, -0.15) is 13.2 Å². The zero-order valence-electron chi connectivity index (χ0n) is 9.83. The van der Waals surface area contributed by atoms with Crippen LogP contribution in [0, 0.1) is 0 Å². The van der Waals surface area contributed by atoms with E-state index in [2.05, 4.69) is 4.90 Å². The highest BCUT2D eigenvalue weighted by Crippen LogP contribution is 2.34. The van der Waals surface area contributed by atoms with Crippen molar-refractivity contribution in [1.29, 1.82) is 0 Å². The zero-order valence-corrected chi connectivity index (χ0v) is 9.83. The van der Waals surface area contributed by atoms with E-state index in [1.165, 1.54) is 6.07 Å². The minimum atomic E-state index is -4.40. The molecule has 0 aromatic heterocycles. The van der Waals surface area contributed by atoms with E-state index in [1.54, 1.807) is 6.07 Å². The van der Waals surface area contributed by atoms with Crippen LogP contribution in [0.3, 0.4) is 0 Å². The van der Waals surface area contributed by atoms with Gasteiger partial charge in [-0.1, -0.05) is 6.07 Å². The number of rotatable bonds is 2. The molecule has 1 aromatic rings. The number of benzene rings is 1. The van der Waals surface area contributed by atoms with Gasteiger partial charge < -0.3 is 10.5 Å². The fraction of sp³-hybridized carbons (Fsp3) is 0.500. The maximum Gasteiger partial charge on any atom is 0.418 e. The molecule has 2 rings (SSSR count). The molecule has 100 valence electrons. The Balaban J connectivity index is 2.14.